The zero-order chi connectivity index (χ0) is 19.7. The summed E-state index contributed by atoms with van der Waals surface area (Å²) < 4.78 is 5.38. The number of ether oxygens (including phenoxy) is 1. The predicted octanol–water partition coefficient (Wildman–Crippen LogP) is 5.26. The number of hydrogen-bond acceptors (Lipinski definition) is 2. The summed E-state index contributed by atoms with van der Waals surface area (Å²) in [6, 6.07) is 24.6. The van der Waals surface area contributed by atoms with E-state index in [1.54, 1.807) is 7.11 Å². The second kappa shape index (κ2) is 7.16. The van der Waals surface area contributed by atoms with E-state index in [-0.39, 0.29) is 17.2 Å². The van der Waals surface area contributed by atoms with E-state index in [0.717, 1.165) is 6.42 Å². The Hall–Kier alpha value is -3.07. The van der Waals surface area contributed by atoms with Crippen LogP contribution in [0.5, 0.6) is 5.75 Å². The Labute approximate surface area is 166 Å². The third-order valence-corrected chi connectivity index (χ3v) is 5.71. The fraction of sp³-hybridized carbons (Fsp3) is 0.240. The van der Waals surface area contributed by atoms with Gasteiger partial charge in [-0.05, 0) is 43.5 Å². The van der Waals surface area contributed by atoms with Crippen LogP contribution in [0.2, 0.25) is 0 Å². The first-order chi connectivity index (χ1) is 13.5. The molecule has 3 heteroatoms. The van der Waals surface area contributed by atoms with Crippen molar-refractivity contribution in [3.63, 3.8) is 0 Å². The molecular weight excluding hydrogens is 346 g/mol. The van der Waals surface area contributed by atoms with E-state index in [4.69, 9.17) is 4.74 Å². The van der Waals surface area contributed by atoms with Crippen molar-refractivity contribution >= 4 is 11.6 Å². The molecule has 0 heterocycles. The van der Waals surface area contributed by atoms with Gasteiger partial charge in [-0.25, -0.2) is 0 Å². The van der Waals surface area contributed by atoms with Gasteiger partial charge in [-0.2, -0.15) is 0 Å². The van der Waals surface area contributed by atoms with Crippen molar-refractivity contribution in [3.8, 4) is 5.75 Å². The van der Waals surface area contributed by atoms with Gasteiger partial charge in [0, 0.05) is 5.41 Å². The highest BCUT2D eigenvalue weighted by Crippen LogP contribution is 2.59. The number of anilines is 1. The van der Waals surface area contributed by atoms with Crippen LogP contribution in [-0.2, 0) is 10.2 Å². The van der Waals surface area contributed by atoms with Crippen LogP contribution in [0.4, 0.5) is 5.69 Å². The van der Waals surface area contributed by atoms with Gasteiger partial charge in [-0.3, -0.25) is 4.79 Å². The van der Waals surface area contributed by atoms with Crippen molar-refractivity contribution in [1.82, 2.24) is 0 Å². The van der Waals surface area contributed by atoms with Gasteiger partial charge in [0.1, 0.15) is 5.75 Å². The third kappa shape index (κ3) is 3.18. The standard InChI is InChI=1S/C25H25NO2/c1-17-8-6-10-19(14-17)25(20-11-7-9-18(2)15-20)16-21(25)24(27)26-22-12-4-5-13-23(22)28-3/h4-15,21H,16H2,1-3H3,(H,26,27)/t21-/m0/s1. The molecule has 1 amide bonds. The summed E-state index contributed by atoms with van der Waals surface area (Å²) in [7, 11) is 1.62. The SMILES string of the molecule is COc1ccccc1NC(=O)[C@@H]1CC1(c1cccc(C)c1)c1cccc(C)c1. The Morgan fingerprint density at radius 2 is 1.54 bits per heavy atom. The van der Waals surface area contributed by atoms with E-state index in [0.29, 0.717) is 11.4 Å². The molecule has 28 heavy (non-hydrogen) atoms. The van der Waals surface area contributed by atoms with Crippen molar-refractivity contribution < 1.29 is 9.53 Å². The van der Waals surface area contributed by atoms with Crippen LogP contribution in [-0.4, -0.2) is 13.0 Å². The smallest absolute Gasteiger partial charge is 0.228 e. The average molecular weight is 371 g/mol. The van der Waals surface area contributed by atoms with E-state index in [9.17, 15) is 4.79 Å². The zero-order valence-corrected chi connectivity index (χ0v) is 16.5. The number of nitrogens with one attached hydrogen (secondary N) is 1. The molecule has 0 aliphatic heterocycles. The van der Waals surface area contributed by atoms with Gasteiger partial charge in [0.05, 0.1) is 18.7 Å². The lowest BCUT2D eigenvalue weighted by Gasteiger charge is -2.20. The van der Waals surface area contributed by atoms with Gasteiger partial charge in [-0.15, -0.1) is 0 Å². The minimum absolute atomic E-state index is 0.0347. The van der Waals surface area contributed by atoms with Gasteiger partial charge < -0.3 is 10.1 Å². The lowest BCUT2D eigenvalue weighted by atomic mass is 9.84. The Balaban J connectivity index is 1.70. The summed E-state index contributed by atoms with van der Waals surface area (Å²) in [5.74, 6) is 0.599. The molecule has 3 aromatic rings. The Bertz CT molecular complexity index is 979. The van der Waals surface area contributed by atoms with Crippen molar-refractivity contribution in [2.24, 2.45) is 5.92 Å². The summed E-state index contributed by atoms with van der Waals surface area (Å²) in [6.07, 6.45) is 0.806. The molecular formula is C25H25NO2. The van der Waals surface area contributed by atoms with Crippen LogP contribution in [0.1, 0.15) is 28.7 Å². The van der Waals surface area contributed by atoms with Gasteiger partial charge in [0.2, 0.25) is 5.91 Å². The molecule has 1 atom stereocenters. The number of rotatable bonds is 5. The molecule has 0 spiro atoms. The first-order valence-electron chi connectivity index (χ1n) is 9.63. The molecule has 1 N–H and O–H groups in total. The number of hydrogen-bond donors (Lipinski definition) is 1. The van der Waals surface area contributed by atoms with Crippen molar-refractivity contribution in [1.29, 1.82) is 0 Å². The fourth-order valence-electron chi connectivity index (χ4n) is 4.20. The second-order valence-electron chi connectivity index (χ2n) is 7.66. The Kier molecular flexibility index (Phi) is 4.68. The van der Waals surface area contributed by atoms with Crippen LogP contribution in [0.3, 0.4) is 0 Å². The van der Waals surface area contributed by atoms with Crippen LogP contribution in [0.15, 0.2) is 72.8 Å². The Morgan fingerprint density at radius 1 is 0.929 bits per heavy atom. The molecule has 1 aliphatic carbocycles. The van der Waals surface area contributed by atoms with Crippen molar-refractivity contribution in [2.75, 3.05) is 12.4 Å². The molecule has 0 aromatic heterocycles. The molecule has 4 rings (SSSR count). The van der Waals surface area contributed by atoms with Crippen LogP contribution in [0, 0.1) is 19.8 Å². The van der Waals surface area contributed by atoms with E-state index in [1.165, 1.54) is 22.3 Å². The highest BCUT2D eigenvalue weighted by atomic mass is 16.5. The highest BCUT2D eigenvalue weighted by Gasteiger charge is 2.60. The number of aryl methyl sites for hydroxylation is 2. The zero-order valence-electron chi connectivity index (χ0n) is 16.5. The molecule has 3 nitrogen and oxygen atoms in total. The fourth-order valence-corrected chi connectivity index (χ4v) is 4.20. The number of benzene rings is 3. The minimum Gasteiger partial charge on any atom is -0.495 e. The molecule has 0 radical (unpaired) electrons. The lowest BCUT2D eigenvalue weighted by Crippen LogP contribution is -2.22. The number of carbonyl (C=O) groups excluding carboxylic acids is 1. The summed E-state index contributed by atoms with van der Waals surface area (Å²) >= 11 is 0. The van der Waals surface area contributed by atoms with Crippen molar-refractivity contribution in [3.05, 3.63) is 95.1 Å². The molecule has 0 bridgehead atoms. The van der Waals surface area contributed by atoms with Crippen LogP contribution < -0.4 is 10.1 Å². The van der Waals surface area contributed by atoms with Gasteiger partial charge in [0.25, 0.3) is 0 Å². The number of carbonyl (C=O) groups is 1. The number of amides is 1. The number of methoxy groups -OCH3 is 1. The van der Waals surface area contributed by atoms with E-state index in [2.05, 4.69) is 67.7 Å². The lowest BCUT2D eigenvalue weighted by molar-refractivity contribution is -0.117. The van der Waals surface area contributed by atoms with E-state index in [1.807, 2.05) is 24.3 Å². The number of para-hydroxylation sites is 2. The third-order valence-electron chi connectivity index (χ3n) is 5.71. The summed E-state index contributed by atoms with van der Waals surface area (Å²) in [5.41, 5.74) is 5.27. The topological polar surface area (TPSA) is 38.3 Å². The Morgan fingerprint density at radius 3 is 2.11 bits per heavy atom. The van der Waals surface area contributed by atoms with Gasteiger partial charge >= 0.3 is 0 Å². The quantitative estimate of drug-likeness (QED) is 0.665. The molecule has 0 saturated heterocycles. The first-order valence-corrected chi connectivity index (χ1v) is 9.63. The maximum Gasteiger partial charge on any atom is 0.228 e. The molecule has 142 valence electrons. The average Bonchev–Trinajstić information content (AvgIpc) is 3.46. The van der Waals surface area contributed by atoms with Crippen LogP contribution >= 0.6 is 0 Å². The summed E-state index contributed by atoms with van der Waals surface area (Å²) in [5, 5.41) is 3.08. The summed E-state index contributed by atoms with van der Waals surface area (Å²) in [6.45, 7) is 4.19. The minimum atomic E-state index is -0.274. The van der Waals surface area contributed by atoms with Gasteiger partial charge in [-0.1, -0.05) is 71.8 Å². The second-order valence-corrected chi connectivity index (χ2v) is 7.66. The van der Waals surface area contributed by atoms with Crippen LogP contribution in [0.25, 0.3) is 0 Å². The highest BCUT2D eigenvalue weighted by molar-refractivity contribution is 5.98. The molecule has 1 fully saturated rings. The molecule has 0 unspecified atom stereocenters. The van der Waals surface area contributed by atoms with Gasteiger partial charge in [0.15, 0.2) is 0 Å². The molecule has 1 aliphatic rings. The van der Waals surface area contributed by atoms with E-state index >= 15 is 0 Å². The molecule has 3 aromatic carbocycles. The first kappa shape index (κ1) is 18.3. The maximum atomic E-state index is 13.2. The normalized spacial score (nSPS) is 17.0. The van der Waals surface area contributed by atoms with Crippen molar-refractivity contribution in [2.45, 2.75) is 25.7 Å². The summed E-state index contributed by atoms with van der Waals surface area (Å²) in [4.78, 5) is 13.2. The molecule has 1 saturated carbocycles. The maximum absolute atomic E-state index is 13.2. The predicted molar refractivity (Wildman–Crippen MR) is 113 cm³/mol. The van der Waals surface area contributed by atoms with E-state index < -0.39 is 0 Å². The largest absolute Gasteiger partial charge is 0.495 e. The monoisotopic (exact) mass is 371 g/mol.